The molecule has 0 amide bonds. The third kappa shape index (κ3) is 4.60. The highest BCUT2D eigenvalue weighted by molar-refractivity contribution is 6.26. The van der Waals surface area contributed by atoms with Gasteiger partial charge in [-0.05, 0) is 117 Å². The SMILES string of the molecule is C=Cc1c(/C=C\C)c(-c2c3ccccc3c(-c3ccc4ccccc4c3)c3ccccc23)c2ccccc2c1-c1ccc2ccccc2c1. The number of hydrogen-bond donors (Lipinski definition) is 0. The molecule has 0 aliphatic rings. The van der Waals surface area contributed by atoms with Crippen LogP contribution in [0.3, 0.4) is 0 Å². The molecule has 0 heteroatoms. The van der Waals surface area contributed by atoms with Crippen LogP contribution in [0.5, 0.6) is 0 Å². The van der Waals surface area contributed by atoms with Crippen LogP contribution < -0.4 is 0 Å². The summed E-state index contributed by atoms with van der Waals surface area (Å²) in [6.07, 6.45) is 6.51. The number of benzene rings is 9. The first kappa shape index (κ1) is 28.9. The van der Waals surface area contributed by atoms with Crippen molar-refractivity contribution in [3.8, 4) is 33.4 Å². The van der Waals surface area contributed by atoms with Gasteiger partial charge in [-0.3, -0.25) is 0 Å². The van der Waals surface area contributed by atoms with Gasteiger partial charge in [0.1, 0.15) is 0 Å². The quantitative estimate of drug-likeness (QED) is 0.168. The van der Waals surface area contributed by atoms with E-state index in [2.05, 4.69) is 189 Å². The second-order valence-corrected chi connectivity index (χ2v) is 12.8. The van der Waals surface area contributed by atoms with Crippen molar-refractivity contribution in [3.05, 3.63) is 182 Å². The Morgan fingerprint density at radius 2 is 0.755 bits per heavy atom. The zero-order valence-corrected chi connectivity index (χ0v) is 27.5. The average Bonchev–Trinajstić information content (AvgIpc) is 3.16. The molecule has 0 saturated heterocycles. The van der Waals surface area contributed by atoms with Gasteiger partial charge in [0.25, 0.3) is 0 Å². The molecule has 0 nitrogen and oxygen atoms in total. The zero-order chi connectivity index (χ0) is 32.9. The maximum atomic E-state index is 4.43. The molecule has 0 saturated carbocycles. The fourth-order valence-electron chi connectivity index (χ4n) is 8.01. The third-order valence-corrected chi connectivity index (χ3v) is 10.1. The minimum absolute atomic E-state index is 1.15. The molecule has 9 rings (SSSR count). The fourth-order valence-corrected chi connectivity index (χ4v) is 8.01. The van der Waals surface area contributed by atoms with Gasteiger partial charge in [0.2, 0.25) is 0 Å². The summed E-state index contributed by atoms with van der Waals surface area (Å²) >= 11 is 0. The molecule has 9 aromatic rings. The molecule has 0 aliphatic heterocycles. The number of hydrogen-bond acceptors (Lipinski definition) is 0. The smallest absolute Gasteiger partial charge is 0.00139 e. The molecule has 0 fully saturated rings. The van der Waals surface area contributed by atoms with Crippen molar-refractivity contribution in [2.24, 2.45) is 0 Å². The maximum Gasteiger partial charge on any atom is -0.00139 e. The van der Waals surface area contributed by atoms with E-state index in [9.17, 15) is 0 Å². The van der Waals surface area contributed by atoms with Gasteiger partial charge < -0.3 is 0 Å². The van der Waals surface area contributed by atoms with Crippen molar-refractivity contribution in [2.45, 2.75) is 6.92 Å². The van der Waals surface area contributed by atoms with Gasteiger partial charge in [0.15, 0.2) is 0 Å². The summed E-state index contributed by atoms with van der Waals surface area (Å²) < 4.78 is 0. The second kappa shape index (κ2) is 11.8. The maximum absolute atomic E-state index is 4.43. The molecule has 0 aromatic heterocycles. The number of fused-ring (bicyclic) bond motifs is 5. The van der Waals surface area contributed by atoms with E-state index in [1.54, 1.807) is 0 Å². The number of rotatable bonds is 5. The molecule has 0 radical (unpaired) electrons. The Hall–Kier alpha value is -6.24. The van der Waals surface area contributed by atoms with Crippen LogP contribution in [-0.4, -0.2) is 0 Å². The van der Waals surface area contributed by atoms with Crippen molar-refractivity contribution in [2.75, 3.05) is 0 Å². The summed E-state index contributed by atoms with van der Waals surface area (Å²) in [5.74, 6) is 0. The lowest BCUT2D eigenvalue weighted by molar-refractivity contribution is 1.60. The van der Waals surface area contributed by atoms with Crippen LogP contribution in [0.4, 0.5) is 0 Å². The van der Waals surface area contributed by atoms with Crippen LogP contribution >= 0.6 is 0 Å². The van der Waals surface area contributed by atoms with E-state index in [0.29, 0.717) is 0 Å². The molecule has 230 valence electrons. The summed E-state index contributed by atoms with van der Waals surface area (Å²) in [6, 6.07) is 57.8. The van der Waals surface area contributed by atoms with Crippen LogP contribution in [-0.2, 0) is 0 Å². The summed E-state index contributed by atoms with van der Waals surface area (Å²) in [4.78, 5) is 0. The molecule has 9 aromatic carbocycles. The highest BCUT2D eigenvalue weighted by Gasteiger charge is 2.23. The Kier molecular flexibility index (Phi) is 6.95. The van der Waals surface area contributed by atoms with E-state index >= 15 is 0 Å². The van der Waals surface area contributed by atoms with Crippen LogP contribution in [0.1, 0.15) is 18.1 Å². The Bertz CT molecular complexity index is 2740. The Morgan fingerprint density at radius 3 is 1.22 bits per heavy atom. The largest absolute Gasteiger partial charge is 0.0984 e. The molecule has 0 heterocycles. The average molecular weight is 623 g/mol. The van der Waals surface area contributed by atoms with Gasteiger partial charge >= 0.3 is 0 Å². The molecule has 0 unspecified atom stereocenters. The van der Waals surface area contributed by atoms with Crippen LogP contribution in [0.2, 0.25) is 0 Å². The van der Waals surface area contributed by atoms with Crippen LogP contribution in [0, 0.1) is 0 Å². The van der Waals surface area contributed by atoms with Crippen LogP contribution in [0.25, 0.3) is 99.4 Å². The fraction of sp³-hybridized carbons (Fsp3) is 0.0204. The molecule has 0 aliphatic carbocycles. The first-order chi connectivity index (χ1) is 24.2. The van der Waals surface area contributed by atoms with Gasteiger partial charge in [-0.2, -0.15) is 0 Å². The molecular weight excluding hydrogens is 589 g/mol. The summed E-state index contributed by atoms with van der Waals surface area (Å²) in [5, 5.41) is 12.4. The zero-order valence-electron chi connectivity index (χ0n) is 27.5. The molecule has 0 spiro atoms. The first-order valence-corrected chi connectivity index (χ1v) is 17.0. The topological polar surface area (TPSA) is 0 Å². The van der Waals surface area contributed by atoms with E-state index in [1.165, 1.54) is 92.8 Å². The van der Waals surface area contributed by atoms with Crippen LogP contribution in [0.15, 0.2) is 170 Å². The van der Waals surface area contributed by atoms with Crippen molar-refractivity contribution < 1.29 is 0 Å². The lowest BCUT2D eigenvalue weighted by Gasteiger charge is -2.24. The monoisotopic (exact) mass is 622 g/mol. The third-order valence-electron chi connectivity index (χ3n) is 10.1. The van der Waals surface area contributed by atoms with Crippen molar-refractivity contribution in [1.29, 1.82) is 0 Å². The summed E-state index contributed by atoms with van der Waals surface area (Å²) in [5.41, 5.74) is 9.75. The van der Waals surface area contributed by atoms with Gasteiger partial charge in [-0.1, -0.05) is 170 Å². The predicted molar refractivity (Wildman–Crippen MR) is 215 cm³/mol. The Morgan fingerprint density at radius 1 is 0.367 bits per heavy atom. The van der Waals surface area contributed by atoms with E-state index in [4.69, 9.17) is 0 Å². The van der Waals surface area contributed by atoms with Crippen molar-refractivity contribution >= 4 is 66.0 Å². The summed E-state index contributed by atoms with van der Waals surface area (Å²) in [6.45, 7) is 6.55. The lowest BCUT2D eigenvalue weighted by Crippen LogP contribution is -1.98. The normalized spacial score (nSPS) is 11.8. The van der Waals surface area contributed by atoms with Gasteiger partial charge in [0.05, 0.1) is 0 Å². The van der Waals surface area contributed by atoms with E-state index in [1.807, 2.05) is 0 Å². The molecule has 0 atom stereocenters. The summed E-state index contributed by atoms with van der Waals surface area (Å²) in [7, 11) is 0. The lowest BCUT2D eigenvalue weighted by atomic mass is 9.79. The predicted octanol–water partition coefficient (Wildman–Crippen LogP) is 14.1. The standard InChI is InChI=1S/C49H34/c1-3-15-39-38(4-2)46(36-28-26-32-16-5-7-18-34(32)30-36)40-20-9-12-23-43(40)48(39)49-44-24-13-10-21-41(44)47(42-22-11-14-25-45(42)49)37-29-27-33-17-6-8-19-35(33)31-37/h3-31H,2H2,1H3/b15-3-. The van der Waals surface area contributed by atoms with Gasteiger partial charge in [-0.15, -0.1) is 0 Å². The first-order valence-electron chi connectivity index (χ1n) is 17.0. The van der Waals surface area contributed by atoms with E-state index in [-0.39, 0.29) is 0 Å². The highest BCUT2D eigenvalue weighted by Crippen LogP contribution is 2.50. The van der Waals surface area contributed by atoms with Crippen molar-refractivity contribution in [3.63, 3.8) is 0 Å². The highest BCUT2D eigenvalue weighted by atomic mass is 14.3. The number of allylic oxidation sites excluding steroid dienone is 1. The molecule has 0 bridgehead atoms. The molecule has 0 N–H and O–H groups in total. The molecular formula is C49H34. The minimum Gasteiger partial charge on any atom is -0.0984 e. The van der Waals surface area contributed by atoms with Gasteiger partial charge in [-0.25, -0.2) is 0 Å². The minimum atomic E-state index is 1.15. The van der Waals surface area contributed by atoms with E-state index < -0.39 is 0 Å². The van der Waals surface area contributed by atoms with Gasteiger partial charge in [0, 0.05) is 0 Å². The van der Waals surface area contributed by atoms with Crippen molar-refractivity contribution in [1.82, 2.24) is 0 Å². The van der Waals surface area contributed by atoms with E-state index in [0.717, 1.165) is 5.56 Å². The Balaban J connectivity index is 1.44. The molecule has 49 heavy (non-hydrogen) atoms. The second-order valence-electron chi connectivity index (χ2n) is 12.8. The Labute approximate surface area is 286 Å².